The lowest BCUT2D eigenvalue weighted by Crippen LogP contribution is -2.19. The summed E-state index contributed by atoms with van der Waals surface area (Å²) in [5.41, 5.74) is 7.81. The summed E-state index contributed by atoms with van der Waals surface area (Å²) in [6, 6.07) is 15.5. The number of hydrogen-bond acceptors (Lipinski definition) is 1. The van der Waals surface area contributed by atoms with E-state index in [1.807, 2.05) is 0 Å². The molecular weight excluding hydrogens is 242 g/mol. The summed E-state index contributed by atoms with van der Waals surface area (Å²) in [5.74, 6) is 2.88. The predicted molar refractivity (Wildman–Crippen MR) is 84.4 cm³/mol. The van der Waals surface area contributed by atoms with Crippen molar-refractivity contribution in [2.75, 3.05) is 0 Å². The Kier molecular flexibility index (Phi) is 3.03. The van der Waals surface area contributed by atoms with Crippen LogP contribution in [0.5, 0.6) is 0 Å². The second kappa shape index (κ2) is 4.89. The molecule has 20 heavy (non-hydrogen) atoms. The van der Waals surface area contributed by atoms with Gasteiger partial charge in [-0.1, -0.05) is 42.8 Å². The van der Waals surface area contributed by atoms with Crippen LogP contribution >= 0.6 is 0 Å². The van der Waals surface area contributed by atoms with E-state index in [1.54, 1.807) is 0 Å². The Morgan fingerprint density at radius 3 is 2.60 bits per heavy atom. The van der Waals surface area contributed by atoms with Gasteiger partial charge in [-0.25, -0.2) is 0 Å². The number of rotatable bonds is 3. The zero-order chi connectivity index (χ0) is 13.5. The summed E-state index contributed by atoms with van der Waals surface area (Å²) in [6.07, 6.45) is 7.03. The minimum absolute atomic E-state index is 0.212. The van der Waals surface area contributed by atoms with Gasteiger partial charge < -0.3 is 5.73 Å². The van der Waals surface area contributed by atoms with E-state index in [0.717, 1.165) is 17.8 Å². The Balaban J connectivity index is 1.53. The van der Waals surface area contributed by atoms with Crippen molar-refractivity contribution in [2.45, 2.75) is 38.1 Å². The number of nitrogens with two attached hydrogens (primary N) is 1. The average molecular weight is 265 g/mol. The zero-order valence-corrected chi connectivity index (χ0v) is 12.0. The summed E-state index contributed by atoms with van der Waals surface area (Å²) >= 11 is 0. The molecule has 2 fully saturated rings. The second-order valence-electron chi connectivity index (χ2n) is 6.88. The molecule has 4 rings (SSSR count). The van der Waals surface area contributed by atoms with Gasteiger partial charge in [0.1, 0.15) is 0 Å². The van der Waals surface area contributed by atoms with Crippen LogP contribution in [0.15, 0.2) is 42.5 Å². The Hall–Kier alpha value is -1.34. The van der Waals surface area contributed by atoms with Gasteiger partial charge in [0.05, 0.1) is 0 Å². The van der Waals surface area contributed by atoms with Gasteiger partial charge in [-0.05, 0) is 65.8 Å². The Morgan fingerprint density at radius 1 is 1.00 bits per heavy atom. The van der Waals surface area contributed by atoms with Crippen molar-refractivity contribution >= 4 is 10.8 Å². The van der Waals surface area contributed by atoms with Crippen molar-refractivity contribution in [3.05, 3.63) is 48.0 Å². The van der Waals surface area contributed by atoms with Crippen LogP contribution < -0.4 is 5.73 Å². The topological polar surface area (TPSA) is 26.0 Å². The minimum atomic E-state index is 0.212. The lowest BCUT2D eigenvalue weighted by atomic mass is 9.83. The Bertz CT molecular complexity index is 618. The number of hydrogen-bond donors (Lipinski definition) is 1. The first-order chi connectivity index (χ1) is 9.79. The Labute approximate surface area is 121 Å². The molecule has 2 bridgehead atoms. The number of benzene rings is 2. The molecule has 4 atom stereocenters. The second-order valence-corrected chi connectivity index (χ2v) is 6.88. The van der Waals surface area contributed by atoms with Gasteiger partial charge in [0.25, 0.3) is 0 Å². The standard InChI is InChI=1S/C19H23N/c20-19(12-18-10-13-5-6-16(18)9-13)17-8-7-14-3-1-2-4-15(14)11-17/h1-4,7-8,11,13,16,18-19H,5-6,9-10,12,20H2. The third-order valence-corrected chi connectivity index (χ3v) is 5.64. The van der Waals surface area contributed by atoms with Gasteiger partial charge in [0.15, 0.2) is 0 Å². The van der Waals surface area contributed by atoms with Crippen molar-refractivity contribution in [3.63, 3.8) is 0 Å². The zero-order valence-electron chi connectivity index (χ0n) is 12.0. The molecule has 1 heteroatoms. The normalized spacial score (nSPS) is 29.9. The molecule has 0 spiro atoms. The average Bonchev–Trinajstić information content (AvgIpc) is 3.09. The summed E-state index contributed by atoms with van der Waals surface area (Å²) in [7, 11) is 0. The first-order valence-corrected chi connectivity index (χ1v) is 8.04. The summed E-state index contributed by atoms with van der Waals surface area (Å²) in [5, 5.41) is 2.62. The lowest BCUT2D eigenvalue weighted by molar-refractivity contribution is 0.296. The van der Waals surface area contributed by atoms with Gasteiger partial charge in [-0.15, -0.1) is 0 Å². The smallest absolute Gasteiger partial charge is 0.0297 e. The fraction of sp³-hybridized carbons (Fsp3) is 0.474. The maximum absolute atomic E-state index is 6.50. The van der Waals surface area contributed by atoms with Crippen LogP contribution in [0.2, 0.25) is 0 Å². The molecule has 2 saturated carbocycles. The maximum atomic E-state index is 6.50. The third kappa shape index (κ3) is 2.14. The van der Waals surface area contributed by atoms with Crippen molar-refractivity contribution in [1.29, 1.82) is 0 Å². The van der Waals surface area contributed by atoms with Gasteiger partial charge in [0, 0.05) is 6.04 Å². The summed E-state index contributed by atoms with van der Waals surface area (Å²) in [6.45, 7) is 0. The summed E-state index contributed by atoms with van der Waals surface area (Å²) < 4.78 is 0. The SMILES string of the molecule is NC(CC1CC2CCC1C2)c1ccc2ccccc2c1. The Morgan fingerprint density at radius 2 is 1.85 bits per heavy atom. The fourth-order valence-corrected chi connectivity index (χ4v) is 4.57. The molecule has 2 aliphatic carbocycles. The summed E-state index contributed by atoms with van der Waals surface area (Å²) in [4.78, 5) is 0. The van der Waals surface area contributed by atoms with E-state index in [0.29, 0.717) is 0 Å². The molecule has 2 aromatic carbocycles. The number of fused-ring (bicyclic) bond motifs is 3. The quantitative estimate of drug-likeness (QED) is 0.857. The first-order valence-electron chi connectivity index (χ1n) is 8.04. The van der Waals surface area contributed by atoms with Crippen LogP contribution in [0.4, 0.5) is 0 Å². The van der Waals surface area contributed by atoms with Crippen LogP contribution in [0.1, 0.15) is 43.7 Å². The molecule has 0 radical (unpaired) electrons. The van der Waals surface area contributed by atoms with E-state index in [2.05, 4.69) is 42.5 Å². The van der Waals surface area contributed by atoms with Crippen molar-refractivity contribution in [3.8, 4) is 0 Å². The van der Waals surface area contributed by atoms with Gasteiger partial charge in [-0.3, -0.25) is 0 Å². The highest BCUT2D eigenvalue weighted by atomic mass is 14.6. The molecule has 4 unspecified atom stereocenters. The first kappa shape index (κ1) is 12.4. The molecule has 0 aliphatic heterocycles. The van der Waals surface area contributed by atoms with E-state index in [-0.39, 0.29) is 6.04 Å². The van der Waals surface area contributed by atoms with Gasteiger partial charge >= 0.3 is 0 Å². The molecule has 2 aliphatic rings. The van der Waals surface area contributed by atoms with Crippen molar-refractivity contribution in [1.82, 2.24) is 0 Å². The molecule has 0 aromatic heterocycles. The van der Waals surface area contributed by atoms with Crippen LogP contribution in [0, 0.1) is 17.8 Å². The van der Waals surface area contributed by atoms with E-state index < -0.39 is 0 Å². The molecule has 0 saturated heterocycles. The van der Waals surface area contributed by atoms with Gasteiger partial charge in [-0.2, -0.15) is 0 Å². The van der Waals surface area contributed by atoms with Crippen LogP contribution in [0.3, 0.4) is 0 Å². The van der Waals surface area contributed by atoms with Crippen LogP contribution in [-0.4, -0.2) is 0 Å². The highest BCUT2D eigenvalue weighted by Gasteiger charge is 2.39. The van der Waals surface area contributed by atoms with E-state index >= 15 is 0 Å². The maximum Gasteiger partial charge on any atom is 0.0297 e. The molecule has 1 nitrogen and oxygen atoms in total. The third-order valence-electron chi connectivity index (χ3n) is 5.64. The molecule has 0 amide bonds. The fourth-order valence-electron chi connectivity index (χ4n) is 4.57. The molecule has 0 heterocycles. The predicted octanol–water partition coefficient (Wildman–Crippen LogP) is 4.67. The minimum Gasteiger partial charge on any atom is -0.324 e. The van der Waals surface area contributed by atoms with E-state index in [9.17, 15) is 0 Å². The van der Waals surface area contributed by atoms with Crippen LogP contribution in [0.25, 0.3) is 10.8 Å². The molecule has 2 aromatic rings. The highest BCUT2D eigenvalue weighted by Crippen LogP contribution is 2.50. The lowest BCUT2D eigenvalue weighted by Gasteiger charge is -2.25. The van der Waals surface area contributed by atoms with E-state index in [1.165, 1.54) is 48.4 Å². The largest absolute Gasteiger partial charge is 0.324 e. The van der Waals surface area contributed by atoms with Crippen molar-refractivity contribution < 1.29 is 0 Å². The van der Waals surface area contributed by atoms with E-state index in [4.69, 9.17) is 5.73 Å². The van der Waals surface area contributed by atoms with Crippen LogP contribution in [-0.2, 0) is 0 Å². The monoisotopic (exact) mass is 265 g/mol. The van der Waals surface area contributed by atoms with Crippen molar-refractivity contribution in [2.24, 2.45) is 23.5 Å². The molecule has 104 valence electrons. The highest BCUT2D eigenvalue weighted by molar-refractivity contribution is 5.83. The molecular formula is C19H23N. The molecule has 2 N–H and O–H groups in total. The van der Waals surface area contributed by atoms with Gasteiger partial charge in [0.2, 0.25) is 0 Å².